The molecular formula is C20H20F3IN2O3. The van der Waals surface area contributed by atoms with E-state index in [1.54, 1.807) is 32.9 Å². The number of rotatable bonds is 4. The van der Waals surface area contributed by atoms with E-state index in [1.807, 2.05) is 22.6 Å². The molecule has 0 unspecified atom stereocenters. The van der Waals surface area contributed by atoms with Gasteiger partial charge in [0.25, 0.3) is 11.8 Å². The molecule has 0 atom stereocenters. The Morgan fingerprint density at radius 1 is 1.03 bits per heavy atom. The molecule has 156 valence electrons. The minimum Gasteiger partial charge on any atom is -0.495 e. The lowest BCUT2D eigenvalue weighted by molar-refractivity contribution is -0.137. The lowest BCUT2D eigenvalue weighted by atomic mass is 10.0. The topological polar surface area (TPSA) is 67.4 Å². The molecular weight excluding hydrogens is 500 g/mol. The molecule has 0 radical (unpaired) electrons. The van der Waals surface area contributed by atoms with Gasteiger partial charge in [-0.25, -0.2) is 0 Å². The van der Waals surface area contributed by atoms with Crippen LogP contribution in [0.2, 0.25) is 0 Å². The predicted molar refractivity (Wildman–Crippen MR) is 112 cm³/mol. The van der Waals surface area contributed by atoms with E-state index in [0.29, 0.717) is 3.57 Å². The van der Waals surface area contributed by atoms with Gasteiger partial charge in [0.2, 0.25) is 0 Å². The van der Waals surface area contributed by atoms with E-state index in [1.165, 1.54) is 13.2 Å². The highest BCUT2D eigenvalue weighted by atomic mass is 127. The molecule has 2 aromatic rings. The van der Waals surface area contributed by atoms with E-state index < -0.39 is 29.1 Å². The van der Waals surface area contributed by atoms with Gasteiger partial charge in [0, 0.05) is 9.11 Å². The first-order valence-corrected chi connectivity index (χ1v) is 9.59. The number of benzene rings is 2. The summed E-state index contributed by atoms with van der Waals surface area (Å²) in [6.07, 6.45) is -4.58. The van der Waals surface area contributed by atoms with Crippen molar-refractivity contribution in [3.05, 3.63) is 56.7 Å². The van der Waals surface area contributed by atoms with Crippen molar-refractivity contribution in [2.24, 2.45) is 0 Å². The zero-order valence-electron chi connectivity index (χ0n) is 16.2. The molecule has 0 aliphatic heterocycles. The molecule has 2 aromatic carbocycles. The lowest BCUT2D eigenvalue weighted by Gasteiger charge is -2.22. The SMILES string of the molecule is COc1ccc(C(F)(F)F)cc1NC(=O)c1cccc(I)c1C(=O)NC(C)(C)C. The van der Waals surface area contributed by atoms with Crippen LogP contribution in [0.15, 0.2) is 36.4 Å². The summed E-state index contributed by atoms with van der Waals surface area (Å²) in [5.74, 6) is -1.11. The van der Waals surface area contributed by atoms with Gasteiger partial charge in [-0.1, -0.05) is 6.07 Å². The molecule has 2 N–H and O–H groups in total. The molecule has 9 heteroatoms. The second-order valence-corrected chi connectivity index (χ2v) is 8.40. The molecule has 5 nitrogen and oxygen atoms in total. The van der Waals surface area contributed by atoms with Crippen LogP contribution in [0.1, 0.15) is 47.1 Å². The second kappa shape index (κ2) is 8.60. The number of methoxy groups -OCH3 is 1. The van der Waals surface area contributed by atoms with Crippen LogP contribution in [0.25, 0.3) is 0 Å². The van der Waals surface area contributed by atoms with Crippen LogP contribution in [0.5, 0.6) is 5.75 Å². The number of ether oxygens (including phenoxy) is 1. The van der Waals surface area contributed by atoms with Gasteiger partial charge in [-0.15, -0.1) is 0 Å². The average molecular weight is 520 g/mol. The largest absolute Gasteiger partial charge is 0.495 e. The molecule has 0 aliphatic carbocycles. The average Bonchev–Trinajstić information content (AvgIpc) is 2.58. The summed E-state index contributed by atoms with van der Waals surface area (Å²) >= 11 is 1.93. The smallest absolute Gasteiger partial charge is 0.416 e. The molecule has 0 bridgehead atoms. The fourth-order valence-corrected chi connectivity index (χ4v) is 3.26. The third-order valence-corrected chi connectivity index (χ3v) is 4.65. The molecule has 0 fully saturated rings. The van der Waals surface area contributed by atoms with E-state index in [2.05, 4.69) is 10.6 Å². The molecule has 0 heterocycles. The number of amides is 2. The normalized spacial score (nSPS) is 11.7. The zero-order chi connectivity index (χ0) is 22.0. The number of hydrogen-bond acceptors (Lipinski definition) is 3. The molecule has 0 spiro atoms. The highest BCUT2D eigenvalue weighted by Gasteiger charge is 2.31. The van der Waals surface area contributed by atoms with Crippen LogP contribution in [0, 0.1) is 3.57 Å². The molecule has 0 saturated heterocycles. The Hall–Kier alpha value is -2.30. The quantitative estimate of drug-likeness (QED) is 0.552. The predicted octanol–water partition coefficient (Wildman–Crippen LogP) is 5.10. The minimum atomic E-state index is -4.58. The summed E-state index contributed by atoms with van der Waals surface area (Å²) in [5, 5.41) is 5.22. The van der Waals surface area contributed by atoms with Crippen molar-refractivity contribution in [3.8, 4) is 5.75 Å². The Kier molecular flexibility index (Phi) is 6.82. The monoisotopic (exact) mass is 520 g/mol. The molecule has 2 amide bonds. The highest BCUT2D eigenvalue weighted by molar-refractivity contribution is 14.1. The van der Waals surface area contributed by atoms with Gasteiger partial charge in [0.05, 0.1) is 29.5 Å². The summed E-state index contributed by atoms with van der Waals surface area (Å²) in [6.45, 7) is 5.40. The third-order valence-electron chi connectivity index (χ3n) is 3.75. The Morgan fingerprint density at radius 3 is 2.24 bits per heavy atom. The third kappa shape index (κ3) is 5.84. The highest BCUT2D eigenvalue weighted by Crippen LogP contribution is 2.35. The van der Waals surface area contributed by atoms with E-state index in [9.17, 15) is 22.8 Å². The molecule has 29 heavy (non-hydrogen) atoms. The van der Waals surface area contributed by atoms with Crippen LogP contribution in [0.4, 0.5) is 18.9 Å². The van der Waals surface area contributed by atoms with E-state index >= 15 is 0 Å². The molecule has 0 aromatic heterocycles. The standard InChI is InChI=1S/C20H20F3IN2O3/c1-19(2,3)26-18(28)16-12(6-5-7-13(16)24)17(27)25-14-10-11(20(21,22)23)8-9-15(14)29-4/h5-10H,1-4H3,(H,25,27)(H,26,28). The van der Waals surface area contributed by atoms with Gasteiger partial charge in [-0.3, -0.25) is 9.59 Å². The van der Waals surface area contributed by atoms with Crippen LogP contribution in [0.3, 0.4) is 0 Å². The number of anilines is 1. The minimum absolute atomic E-state index is 0.0399. The van der Waals surface area contributed by atoms with Gasteiger partial charge in [-0.05, 0) is 73.7 Å². The van der Waals surface area contributed by atoms with Crippen LogP contribution in [-0.4, -0.2) is 24.5 Å². The van der Waals surface area contributed by atoms with Crippen molar-refractivity contribution >= 4 is 40.1 Å². The van der Waals surface area contributed by atoms with Gasteiger partial charge in [0.15, 0.2) is 0 Å². The van der Waals surface area contributed by atoms with Crippen molar-refractivity contribution in [2.75, 3.05) is 12.4 Å². The summed E-state index contributed by atoms with van der Waals surface area (Å²) in [4.78, 5) is 25.6. The molecule has 0 saturated carbocycles. The number of nitrogens with one attached hydrogen (secondary N) is 2. The van der Waals surface area contributed by atoms with E-state index in [4.69, 9.17) is 4.74 Å². The van der Waals surface area contributed by atoms with Crippen molar-refractivity contribution in [3.63, 3.8) is 0 Å². The van der Waals surface area contributed by atoms with Crippen LogP contribution < -0.4 is 15.4 Å². The first-order chi connectivity index (χ1) is 13.3. The summed E-state index contributed by atoms with van der Waals surface area (Å²) in [6, 6.07) is 7.48. The number of hydrogen-bond donors (Lipinski definition) is 2. The van der Waals surface area contributed by atoms with Crippen molar-refractivity contribution in [2.45, 2.75) is 32.5 Å². The van der Waals surface area contributed by atoms with Crippen molar-refractivity contribution < 1.29 is 27.5 Å². The zero-order valence-corrected chi connectivity index (χ0v) is 18.4. The molecule has 2 rings (SSSR count). The lowest BCUT2D eigenvalue weighted by Crippen LogP contribution is -2.41. The van der Waals surface area contributed by atoms with Crippen LogP contribution in [-0.2, 0) is 6.18 Å². The summed E-state index contributed by atoms with van der Waals surface area (Å²) in [5.41, 5.74) is -1.42. The number of alkyl halides is 3. The maximum absolute atomic E-state index is 13.0. The van der Waals surface area contributed by atoms with Gasteiger partial charge in [0.1, 0.15) is 5.75 Å². The van der Waals surface area contributed by atoms with Gasteiger partial charge in [-0.2, -0.15) is 13.2 Å². The second-order valence-electron chi connectivity index (χ2n) is 7.23. The van der Waals surface area contributed by atoms with Crippen molar-refractivity contribution in [1.82, 2.24) is 5.32 Å². The Morgan fingerprint density at radius 2 is 1.69 bits per heavy atom. The summed E-state index contributed by atoms with van der Waals surface area (Å²) < 4.78 is 44.7. The van der Waals surface area contributed by atoms with Gasteiger partial charge >= 0.3 is 6.18 Å². The van der Waals surface area contributed by atoms with E-state index in [0.717, 1.165) is 18.2 Å². The summed E-state index contributed by atoms with van der Waals surface area (Å²) in [7, 11) is 1.28. The maximum atomic E-state index is 13.0. The maximum Gasteiger partial charge on any atom is 0.416 e. The fraction of sp³-hybridized carbons (Fsp3) is 0.300. The van der Waals surface area contributed by atoms with Crippen molar-refractivity contribution in [1.29, 1.82) is 0 Å². The number of carbonyl (C=O) groups is 2. The Balaban J connectivity index is 2.45. The van der Waals surface area contributed by atoms with Gasteiger partial charge < -0.3 is 15.4 Å². The van der Waals surface area contributed by atoms with Crippen LogP contribution >= 0.6 is 22.6 Å². The van der Waals surface area contributed by atoms with E-state index in [-0.39, 0.29) is 22.6 Å². The number of carbonyl (C=O) groups excluding carboxylic acids is 2. The Bertz CT molecular complexity index is 938. The fourth-order valence-electron chi connectivity index (χ4n) is 2.52. The molecule has 0 aliphatic rings. The number of halogens is 4. The Labute approximate surface area is 180 Å². The first kappa shape index (κ1) is 23.0. The first-order valence-electron chi connectivity index (χ1n) is 8.51.